The number of halogens is 2. The fraction of sp³-hybridized carbons (Fsp3) is 0.571. The Labute approximate surface area is 112 Å². The summed E-state index contributed by atoms with van der Waals surface area (Å²) in [6.45, 7) is 4.57. The predicted molar refractivity (Wildman–Crippen MR) is 71.8 cm³/mol. The number of morpholine rings is 1. The maximum atomic E-state index is 12.7. The second-order valence-corrected chi connectivity index (χ2v) is 5.25. The Balaban J connectivity index is 2.02. The zero-order valence-electron chi connectivity index (χ0n) is 11.1. The van der Waals surface area contributed by atoms with Gasteiger partial charge in [0, 0.05) is 18.8 Å². The van der Waals surface area contributed by atoms with E-state index in [1.165, 1.54) is 6.92 Å². The molecule has 1 aromatic rings. The first-order chi connectivity index (χ1) is 8.99. The summed E-state index contributed by atoms with van der Waals surface area (Å²) < 4.78 is 30.7. The Morgan fingerprint density at radius 3 is 2.37 bits per heavy atom. The first-order valence-electron chi connectivity index (χ1n) is 6.48. The van der Waals surface area contributed by atoms with Crippen LogP contribution in [0.2, 0.25) is 0 Å². The van der Waals surface area contributed by atoms with Crippen LogP contribution in [0.3, 0.4) is 0 Å². The van der Waals surface area contributed by atoms with Gasteiger partial charge in [-0.2, -0.15) is 0 Å². The van der Waals surface area contributed by atoms with Crippen LogP contribution in [0, 0.1) is 0 Å². The van der Waals surface area contributed by atoms with Crippen molar-refractivity contribution in [3.05, 3.63) is 29.8 Å². The minimum atomic E-state index is -2.52. The van der Waals surface area contributed by atoms with Gasteiger partial charge in [-0.1, -0.05) is 12.1 Å². The largest absolute Gasteiger partial charge is 0.378 e. The van der Waals surface area contributed by atoms with Crippen molar-refractivity contribution in [2.45, 2.75) is 25.3 Å². The summed E-state index contributed by atoms with van der Waals surface area (Å²) in [5.74, 6) is 0. The smallest absolute Gasteiger partial charge is 0.256 e. The molecule has 3 nitrogen and oxygen atoms in total. The van der Waals surface area contributed by atoms with E-state index in [9.17, 15) is 8.78 Å². The maximum Gasteiger partial charge on any atom is 0.256 e. The highest BCUT2D eigenvalue weighted by molar-refractivity contribution is 5.48. The summed E-state index contributed by atoms with van der Waals surface area (Å²) in [6.07, 6.45) is -2.35. The lowest BCUT2D eigenvalue weighted by molar-refractivity contribution is 0.0639. The lowest BCUT2D eigenvalue weighted by Crippen LogP contribution is -2.45. The molecule has 0 bridgehead atoms. The predicted octanol–water partition coefficient (Wildman–Crippen LogP) is 2.05. The fourth-order valence-corrected chi connectivity index (χ4v) is 2.16. The van der Waals surface area contributed by atoms with Gasteiger partial charge in [0.25, 0.3) is 6.43 Å². The molecule has 0 radical (unpaired) electrons. The monoisotopic (exact) mass is 270 g/mol. The third-order valence-corrected chi connectivity index (χ3v) is 3.40. The molecule has 1 aliphatic rings. The minimum absolute atomic E-state index is 0.175. The number of nitrogens with two attached hydrogens (primary N) is 1. The van der Waals surface area contributed by atoms with Crippen LogP contribution >= 0.6 is 0 Å². The lowest BCUT2D eigenvalue weighted by Gasteiger charge is -2.29. The van der Waals surface area contributed by atoms with Gasteiger partial charge in [0.15, 0.2) is 0 Å². The van der Waals surface area contributed by atoms with Crippen molar-refractivity contribution in [2.75, 3.05) is 31.2 Å². The quantitative estimate of drug-likeness (QED) is 0.910. The number of anilines is 1. The Bertz CT molecular complexity index is 400. The number of nitrogens with zero attached hydrogens (tertiary/aromatic N) is 1. The van der Waals surface area contributed by atoms with Gasteiger partial charge in [-0.05, 0) is 31.0 Å². The zero-order chi connectivity index (χ0) is 13.9. The molecule has 0 aliphatic carbocycles. The molecule has 1 heterocycles. The molecular weight excluding hydrogens is 250 g/mol. The van der Waals surface area contributed by atoms with Crippen LogP contribution in [-0.4, -0.2) is 38.3 Å². The average molecular weight is 270 g/mol. The first kappa shape index (κ1) is 14.2. The van der Waals surface area contributed by atoms with Crippen LogP contribution in [-0.2, 0) is 11.2 Å². The van der Waals surface area contributed by atoms with Crippen LogP contribution in [0.5, 0.6) is 0 Å². The third-order valence-electron chi connectivity index (χ3n) is 3.40. The Morgan fingerprint density at radius 1 is 1.26 bits per heavy atom. The van der Waals surface area contributed by atoms with Gasteiger partial charge in [-0.15, -0.1) is 0 Å². The van der Waals surface area contributed by atoms with Crippen LogP contribution in [0.4, 0.5) is 14.5 Å². The molecule has 1 saturated heterocycles. The number of ether oxygens (including phenoxy) is 1. The van der Waals surface area contributed by atoms with Gasteiger partial charge in [0.1, 0.15) is 0 Å². The minimum Gasteiger partial charge on any atom is -0.378 e. The number of benzene rings is 1. The van der Waals surface area contributed by atoms with E-state index < -0.39 is 12.0 Å². The molecule has 1 fully saturated rings. The molecule has 2 rings (SSSR count). The summed E-state index contributed by atoms with van der Waals surface area (Å²) in [5.41, 5.74) is 6.06. The molecule has 2 N–H and O–H groups in total. The van der Waals surface area contributed by atoms with E-state index in [0.29, 0.717) is 0 Å². The van der Waals surface area contributed by atoms with Gasteiger partial charge >= 0.3 is 0 Å². The van der Waals surface area contributed by atoms with Gasteiger partial charge in [-0.3, -0.25) is 0 Å². The SMILES string of the molecule is CC(N)(Cc1ccc(N2CCOCC2)cc1)C(F)F. The fourth-order valence-electron chi connectivity index (χ4n) is 2.16. The van der Waals surface area contributed by atoms with E-state index in [2.05, 4.69) is 4.90 Å². The summed E-state index contributed by atoms with van der Waals surface area (Å²) in [5, 5.41) is 0. The molecule has 1 unspecified atom stereocenters. The van der Waals surface area contributed by atoms with E-state index >= 15 is 0 Å². The number of rotatable bonds is 4. The third kappa shape index (κ3) is 3.64. The molecule has 5 heteroatoms. The standard InChI is InChI=1S/C14H20F2N2O/c1-14(17,13(15)16)10-11-2-4-12(5-3-11)18-6-8-19-9-7-18/h2-5,13H,6-10,17H2,1H3. The van der Waals surface area contributed by atoms with Crippen molar-refractivity contribution in [1.29, 1.82) is 0 Å². The maximum absolute atomic E-state index is 12.7. The van der Waals surface area contributed by atoms with E-state index in [1.54, 1.807) is 0 Å². The topological polar surface area (TPSA) is 38.5 Å². The average Bonchev–Trinajstić information content (AvgIpc) is 2.40. The number of hydrogen-bond acceptors (Lipinski definition) is 3. The van der Waals surface area contributed by atoms with Gasteiger partial charge in [-0.25, -0.2) is 8.78 Å². The summed E-state index contributed by atoms with van der Waals surface area (Å²) in [4.78, 5) is 2.22. The van der Waals surface area contributed by atoms with Gasteiger partial charge in [0.2, 0.25) is 0 Å². The van der Waals surface area contributed by atoms with E-state index in [4.69, 9.17) is 10.5 Å². The first-order valence-corrected chi connectivity index (χ1v) is 6.48. The van der Waals surface area contributed by atoms with Gasteiger partial charge in [0.05, 0.1) is 18.8 Å². The summed E-state index contributed by atoms with van der Waals surface area (Å²) in [6, 6.07) is 7.67. The second-order valence-electron chi connectivity index (χ2n) is 5.25. The Kier molecular flexibility index (Phi) is 4.37. The van der Waals surface area contributed by atoms with Crippen molar-refractivity contribution in [1.82, 2.24) is 0 Å². The van der Waals surface area contributed by atoms with Crippen molar-refractivity contribution in [2.24, 2.45) is 5.73 Å². The van der Waals surface area contributed by atoms with Crippen molar-refractivity contribution in [3.63, 3.8) is 0 Å². The highest BCUT2D eigenvalue weighted by Gasteiger charge is 2.30. The summed E-state index contributed by atoms with van der Waals surface area (Å²) in [7, 11) is 0. The van der Waals surface area contributed by atoms with Crippen molar-refractivity contribution in [3.8, 4) is 0 Å². The lowest BCUT2D eigenvalue weighted by atomic mass is 9.94. The zero-order valence-corrected chi connectivity index (χ0v) is 11.1. The molecule has 106 valence electrons. The van der Waals surface area contributed by atoms with Crippen LogP contribution in [0.25, 0.3) is 0 Å². The van der Waals surface area contributed by atoms with E-state index in [0.717, 1.165) is 37.6 Å². The summed E-state index contributed by atoms with van der Waals surface area (Å²) >= 11 is 0. The van der Waals surface area contributed by atoms with Crippen molar-refractivity contribution < 1.29 is 13.5 Å². The molecule has 1 atom stereocenters. The molecular formula is C14H20F2N2O. The van der Waals surface area contributed by atoms with Crippen LogP contribution in [0.15, 0.2) is 24.3 Å². The molecule has 1 aliphatic heterocycles. The number of hydrogen-bond donors (Lipinski definition) is 1. The Hall–Kier alpha value is -1.20. The molecule has 19 heavy (non-hydrogen) atoms. The molecule has 0 saturated carbocycles. The normalized spacial score (nSPS) is 19.5. The Morgan fingerprint density at radius 2 is 1.84 bits per heavy atom. The molecule has 0 spiro atoms. The highest BCUT2D eigenvalue weighted by Crippen LogP contribution is 2.21. The second kappa shape index (κ2) is 5.84. The van der Waals surface area contributed by atoms with Crippen LogP contribution < -0.4 is 10.6 Å². The van der Waals surface area contributed by atoms with E-state index in [1.807, 2.05) is 24.3 Å². The number of alkyl halides is 2. The molecule has 0 aromatic heterocycles. The van der Waals surface area contributed by atoms with Gasteiger partial charge < -0.3 is 15.4 Å². The van der Waals surface area contributed by atoms with E-state index in [-0.39, 0.29) is 6.42 Å². The highest BCUT2D eigenvalue weighted by atomic mass is 19.3. The van der Waals surface area contributed by atoms with Crippen molar-refractivity contribution >= 4 is 5.69 Å². The molecule has 0 amide bonds. The molecule has 1 aromatic carbocycles. The van der Waals surface area contributed by atoms with Crippen LogP contribution in [0.1, 0.15) is 12.5 Å².